The number of carbonyl (C=O) groups is 4. The molecule has 0 bridgehead atoms. The van der Waals surface area contributed by atoms with E-state index < -0.39 is 38.4 Å². The van der Waals surface area contributed by atoms with Crippen molar-refractivity contribution in [1.29, 1.82) is 0 Å². The molecule has 0 spiro atoms. The lowest BCUT2D eigenvalue weighted by Crippen LogP contribution is -2.30. The van der Waals surface area contributed by atoms with Gasteiger partial charge in [0.05, 0.1) is 71.0 Å². The molecule has 8 nitrogen and oxygen atoms in total. The number of rotatable bonds is 16. The minimum absolute atomic E-state index is 0.289. The van der Waals surface area contributed by atoms with Crippen LogP contribution in [0.1, 0.15) is 110 Å². The van der Waals surface area contributed by atoms with Crippen LogP contribution in [0.5, 0.6) is 0 Å². The monoisotopic (exact) mass is 642 g/mol. The highest BCUT2D eigenvalue weighted by molar-refractivity contribution is 7.78. The Balaban J connectivity index is 1.63. The molecule has 4 fully saturated rings. The Morgan fingerprint density at radius 2 is 0.721 bits per heavy atom. The number of hydrogen-bond donors (Lipinski definition) is 4. The summed E-state index contributed by atoms with van der Waals surface area (Å²) in [5, 5.41) is 39.5. The normalized spacial score (nSPS) is 35.4. The molecule has 10 heteroatoms. The average Bonchev–Trinajstić information content (AvgIpc) is 3.78. The summed E-state index contributed by atoms with van der Waals surface area (Å²) in [6, 6.07) is 0. The zero-order valence-corrected chi connectivity index (χ0v) is 28.2. The van der Waals surface area contributed by atoms with Crippen LogP contribution in [-0.2, 0) is 19.2 Å². The van der Waals surface area contributed by atoms with Crippen LogP contribution < -0.4 is 0 Å². The maximum absolute atomic E-state index is 12.0. The van der Waals surface area contributed by atoms with E-state index >= 15 is 0 Å². The molecule has 0 aliphatic heterocycles. The Morgan fingerprint density at radius 1 is 0.465 bits per heavy atom. The van der Waals surface area contributed by atoms with Crippen LogP contribution in [0.15, 0.2) is 0 Å². The summed E-state index contributed by atoms with van der Waals surface area (Å²) in [6.07, 6.45) is 17.1. The Morgan fingerprint density at radius 3 is 0.907 bits per heavy atom. The van der Waals surface area contributed by atoms with Gasteiger partial charge in [0.15, 0.2) is 0 Å². The van der Waals surface area contributed by atoms with Gasteiger partial charge in [0.25, 0.3) is 0 Å². The van der Waals surface area contributed by atoms with Crippen LogP contribution in [0.25, 0.3) is 0 Å². The first-order valence-electron chi connectivity index (χ1n) is 17.1. The maximum Gasteiger partial charge on any atom is 0.306 e. The molecule has 4 saturated carbocycles. The van der Waals surface area contributed by atoms with E-state index in [0.717, 1.165) is 121 Å². The molecule has 244 valence electrons. The molecule has 0 saturated heterocycles. The predicted molar refractivity (Wildman–Crippen MR) is 174 cm³/mol. The second-order valence-corrected chi connectivity index (χ2v) is 23.6. The molecule has 4 rings (SSSR count). The third-order valence-electron chi connectivity index (χ3n) is 12.4. The van der Waals surface area contributed by atoms with Crippen molar-refractivity contribution in [3.05, 3.63) is 0 Å². The molecule has 0 aromatic heterocycles. The molecular formula is C33H56O8P2+2. The zero-order valence-electron chi connectivity index (χ0n) is 26.4. The minimum atomic E-state index is -1.67. The van der Waals surface area contributed by atoms with Crippen molar-refractivity contribution in [2.75, 3.05) is 24.6 Å². The fourth-order valence-electron chi connectivity index (χ4n) is 10.4. The number of carboxylic acid groups (broad SMARTS) is 4. The quantitative estimate of drug-likeness (QED) is 0.129. The minimum Gasteiger partial charge on any atom is -0.481 e. The Labute approximate surface area is 258 Å². The molecule has 0 aromatic rings. The topological polar surface area (TPSA) is 149 Å². The molecule has 0 heterocycles. The van der Waals surface area contributed by atoms with Gasteiger partial charge in [-0.15, -0.1) is 0 Å². The predicted octanol–water partition coefficient (Wildman–Crippen LogP) is 7.24. The van der Waals surface area contributed by atoms with Crippen molar-refractivity contribution in [3.8, 4) is 0 Å². The van der Waals surface area contributed by atoms with E-state index in [1.807, 2.05) is 0 Å². The number of aliphatic carboxylic acids is 4. The van der Waals surface area contributed by atoms with Gasteiger partial charge in [0, 0.05) is 20.9 Å². The summed E-state index contributed by atoms with van der Waals surface area (Å²) >= 11 is 0. The molecule has 0 amide bonds. The van der Waals surface area contributed by atoms with Gasteiger partial charge in [-0.1, -0.05) is 13.8 Å². The SMILES string of the molecule is CCC[P+](CCC[P+](CCC)(C1CCC(C(=O)O)C1)C1CCC(C(=O)O)C1)(C1CCC(C(=O)O)C1)C1CCC(C(=O)O)C1. The van der Waals surface area contributed by atoms with E-state index in [-0.39, 0.29) is 23.7 Å². The molecule has 43 heavy (non-hydrogen) atoms. The van der Waals surface area contributed by atoms with E-state index in [9.17, 15) is 39.6 Å². The van der Waals surface area contributed by atoms with Crippen LogP contribution in [0.3, 0.4) is 0 Å². The Kier molecular flexibility index (Phi) is 12.0. The highest BCUT2D eigenvalue weighted by Gasteiger charge is 2.59. The molecular weight excluding hydrogens is 586 g/mol. The summed E-state index contributed by atoms with van der Waals surface area (Å²) in [5.74, 6) is -3.92. The summed E-state index contributed by atoms with van der Waals surface area (Å²) in [6.45, 7) is 4.46. The first-order valence-corrected chi connectivity index (χ1v) is 21.7. The lowest BCUT2D eigenvalue weighted by Gasteiger charge is -2.41. The highest BCUT2D eigenvalue weighted by Crippen LogP contribution is 2.77. The van der Waals surface area contributed by atoms with Gasteiger partial charge in [-0.05, 0) is 89.9 Å². The van der Waals surface area contributed by atoms with Crippen LogP contribution in [0.2, 0.25) is 0 Å². The summed E-state index contributed by atoms with van der Waals surface area (Å²) in [4.78, 5) is 48.0. The summed E-state index contributed by atoms with van der Waals surface area (Å²) < 4.78 is 0. The maximum atomic E-state index is 12.0. The van der Waals surface area contributed by atoms with Crippen molar-refractivity contribution in [3.63, 3.8) is 0 Å². The number of carboxylic acids is 4. The van der Waals surface area contributed by atoms with Crippen molar-refractivity contribution in [2.45, 2.75) is 133 Å². The van der Waals surface area contributed by atoms with E-state index in [0.29, 0.717) is 22.6 Å². The summed E-state index contributed by atoms with van der Waals surface area (Å²) in [7, 11) is -3.33. The van der Waals surface area contributed by atoms with Crippen molar-refractivity contribution in [1.82, 2.24) is 0 Å². The first-order chi connectivity index (χ1) is 20.5. The third kappa shape index (κ3) is 7.43. The standard InChI is InChI=1S/C33H54O8P2/c1-3-14-42(26-10-6-22(18-26)30(34)35,27-11-7-23(19-27)31(36)37)16-5-17-43(15-4-2,28-12-8-24(20-28)32(38)39)29-13-9-25(21-29)33(40)41/h22-29H,3-21H2,1-2H3,(H2-2,34,35,36,37,38,39,40,41)/p+2. The van der Waals surface area contributed by atoms with Gasteiger partial charge in [0.1, 0.15) is 0 Å². The third-order valence-corrected chi connectivity index (χ3v) is 24.9. The average molecular weight is 643 g/mol. The van der Waals surface area contributed by atoms with Crippen molar-refractivity contribution < 1.29 is 39.6 Å². The zero-order chi connectivity index (χ0) is 31.4. The van der Waals surface area contributed by atoms with Crippen LogP contribution in [0, 0.1) is 23.7 Å². The van der Waals surface area contributed by atoms with Crippen molar-refractivity contribution in [2.24, 2.45) is 23.7 Å². The second-order valence-electron chi connectivity index (χ2n) is 14.5. The fraction of sp³-hybridized carbons (Fsp3) is 0.879. The molecule has 0 aromatic carbocycles. The largest absolute Gasteiger partial charge is 0.481 e. The van der Waals surface area contributed by atoms with Gasteiger partial charge in [0.2, 0.25) is 0 Å². The van der Waals surface area contributed by atoms with E-state index in [2.05, 4.69) is 13.8 Å². The first kappa shape index (κ1) is 34.6. The van der Waals surface area contributed by atoms with Crippen LogP contribution >= 0.6 is 14.5 Å². The second kappa shape index (κ2) is 14.9. The van der Waals surface area contributed by atoms with Gasteiger partial charge in [-0.3, -0.25) is 19.2 Å². The summed E-state index contributed by atoms with van der Waals surface area (Å²) in [5.41, 5.74) is 1.60. The van der Waals surface area contributed by atoms with E-state index in [4.69, 9.17) is 0 Å². The Hall–Kier alpha value is -1.26. The lowest BCUT2D eigenvalue weighted by molar-refractivity contribution is -0.142. The molecule has 8 atom stereocenters. The van der Waals surface area contributed by atoms with E-state index in [1.165, 1.54) is 0 Å². The van der Waals surface area contributed by atoms with Gasteiger partial charge < -0.3 is 20.4 Å². The molecule has 0 radical (unpaired) electrons. The molecule has 4 aliphatic carbocycles. The van der Waals surface area contributed by atoms with Gasteiger partial charge in [-0.25, -0.2) is 0 Å². The van der Waals surface area contributed by atoms with Crippen LogP contribution in [0.4, 0.5) is 0 Å². The molecule has 4 N–H and O–H groups in total. The van der Waals surface area contributed by atoms with Crippen LogP contribution in [-0.4, -0.2) is 91.6 Å². The highest BCUT2D eigenvalue weighted by atomic mass is 31.2. The Bertz CT molecular complexity index is 875. The van der Waals surface area contributed by atoms with Crippen molar-refractivity contribution >= 4 is 38.4 Å². The van der Waals surface area contributed by atoms with E-state index in [1.54, 1.807) is 0 Å². The fourth-order valence-corrected chi connectivity index (χ4v) is 23.7. The van der Waals surface area contributed by atoms with Gasteiger partial charge >= 0.3 is 23.9 Å². The van der Waals surface area contributed by atoms with Gasteiger partial charge in [-0.2, -0.15) is 0 Å². The molecule has 8 unspecified atom stereocenters. The lowest BCUT2D eigenvalue weighted by atomic mass is 10.1. The molecule has 4 aliphatic rings. The smallest absolute Gasteiger partial charge is 0.306 e. The number of hydrogen-bond acceptors (Lipinski definition) is 4.